The molecule has 8 nitrogen and oxygen atoms in total. The van der Waals surface area contributed by atoms with Crippen LogP contribution in [-0.2, 0) is 14.8 Å². The third-order valence-electron chi connectivity index (χ3n) is 6.49. The molecule has 0 N–H and O–H groups in total. The number of carbonyl (C=O) groups excluding carboxylic acids is 1. The van der Waals surface area contributed by atoms with Crippen molar-refractivity contribution in [1.29, 1.82) is 0 Å². The van der Waals surface area contributed by atoms with Gasteiger partial charge in [-0.15, -0.1) is 0 Å². The number of carbonyl (C=O) groups is 1. The van der Waals surface area contributed by atoms with Crippen molar-refractivity contribution in [3.05, 3.63) is 53.6 Å². The molecular weight excluding hydrogens is 476 g/mol. The highest BCUT2D eigenvalue weighted by atomic mass is 35.5. The zero-order valence-corrected chi connectivity index (χ0v) is 20.1. The van der Waals surface area contributed by atoms with E-state index in [0.29, 0.717) is 48.2 Å². The van der Waals surface area contributed by atoms with Crippen LogP contribution in [0.4, 0.5) is 0 Å². The van der Waals surface area contributed by atoms with Gasteiger partial charge < -0.3 is 9.42 Å². The smallest absolute Gasteiger partial charge is 0.258 e. The second kappa shape index (κ2) is 9.48. The highest BCUT2D eigenvalue weighted by Crippen LogP contribution is 2.28. The van der Waals surface area contributed by atoms with Crippen LogP contribution in [0.3, 0.4) is 0 Å². The summed E-state index contributed by atoms with van der Waals surface area (Å²) < 4.78 is 33.1. The van der Waals surface area contributed by atoms with Gasteiger partial charge in [0.1, 0.15) is 0 Å². The molecule has 3 aromatic rings. The molecule has 2 aliphatic rings. The van der Waals surface area contributed by atoms with Gasteiger partial charge in [-0.25, -0.2) is 8.42 Å². The molecule has 3 heterocycles. The van der Waals surface area contributed by atoms with E-state index in [1.807, 2.05) is 4.90 Å². The van der Waals surface area contributed by atoms with Crippen LogP contribution in [-0.4, -0.2) is 59.8 Å². The first kappa shape index (κ1) is 23.0. The Morgan fingerprint density at radius 1 is 0.912 bits per heavy atom. The standard InChI is InChI=1S/C24H25ClN4O4S/c25-20-7-3-18(4-8-20)23-26-22(27-33-23)17-5-9-21(10-6-17)34(31,32)29-15-11-19(12-16-29)24(30)28-13-1-2-14-28/h3-10,19H,1-2,11-16H2. The minimum absolute atomic E-state index is 0.0833. The summed E-state index contributed by atoms with van der Waals surface area (Å²) >= 11 is 5.92. The summed E-state index contributed by atoms with van der Waals surface area (Å²) in [6.45, 7) is 2.35. The Balaban J connectivity index is 1.25. The van der Waals surface area contributed by atoms with Gasteiger partial charge in [-0.2, -0.15) is 9.29 Å². The van der Waals surface area contributed by atoms with E-state index >= 15 is 0 Å². The number of piperidine rings is 1. The van der Waals surface area contributed by atoms with E-state index in [1.54, 1.807) is 48.5 Å². The summed E-state index contributed by atoms with van der Waals surface area (Å²) in [7, 11) is -3.64. The SMILES string of the molecule is O=C(C1CCN(S(=O)(=O)c2ccc(-c3noc(-c4ccc(Cl)cc4)n3)cc2)CC1)N1CCCC1. The maximum absolute atomic E-state index is 13.2. The Hall–Kier alpha value is -2.75. The fourth-order valence-electron chi connectivity index (χ4n) is 4.51. The number of nitrogens with zero attached hydrogens (tertiary/aromatic N) is 4. The van der Waals surface area contributed by atoms with Gasteiger partial charge in [-0.05, 0) is 74.2 Å². The molecule has 2 aliphatic heterocycles. The lowest BCUT2D eigenvalue weighted by atomic mass is 9.97. The van der Waals surface area contributed by atoms with Gasteiger partial charge in [0.15, 0.2) is 0 Å². The Morgan fingerprint density at radius 2 is 1.53 bits per heavy atom. The molecule has 2 fully saturated rings. The van der Waals surface area contributed by atoms with Crippen molar-refractivity contribution in [2.75, 3.05) is 26.2 Å². The fourth-order valence-corrected chi connectivity index (χ4v) is 6.11. The Labute approximate surface area is 203 Å². The van der Waals surface area contributed by atoms with Gasteiger partial charge >= 0.3 is 0 Å². The minimum Gasteiger partial charge on any atom is -0.342 e. The lowest BCUT2D eigenvalue weighted by Crippen LogP contribution is -2.43. The van der Waals surface area contributed by atoms with Crippen molar-refractivity contribution in [3.8, 4) is 22.8 Å². The number of amides is 1. The first-order valence-electron chi connectivity index (χ1n) is 11.4. The molecule has 0 aliphatic carbocycles. The van der Waals surface area contributed by atoms with Crippen molar-refractivity contribution >= 4 is 27.5 Å². The third-order valence-corrected chi connectivity index (χ3v) is 8.65. The first-order chi connectivity index (χ1) is 16.4. The zero-order valence-electron chi connectivity index (χ0n) is 18.6. The Morgan fingerprint density at radius 3 is 2.18 bits per heavy atom. The van der Waals surface area contributed by atoms with Crippen molar-refractivity contribution in [3.63, 3.8) is 0 Å². The van der Waals surface area contributed by atoms with Crippen molar-refractivity contribution in [2.24, 2.45) is 5.92 Å². The zero-order chi connectivity index (χ0) is 23.7. The molecule has 0 unspecified atom stereocenters. The van der Waals surface area contributed by atoms with E-state index in [0.717, 1.165) is 31.5 Å². The Kier molecular flexibility index (Phi) is 6.42. The summed E-state index contributed by atoms with van der Waals surface area (Å²) in [5, 5.41) is 4.62. The lowest BCUT2D eigenvalue weighted by molar-refractivity contribution is -0.135. The first-order valence-corrected chi connectivity index (χ1v) is 13.2. The predicted molar refractivity (Wildman–Crippen MR) is 127 cm³/mol. The predicted octanol–water partition coefficient (Wildman–Crippen LogP) is 4.08. The largest absolute Gasteiger partial charge is 0.342 e. The summed E-state index contributed by atoms with van der Waals surface area (Å²) in [6.07, 6.45) is 3.23. The van der Waals surface area contributed by atoms with Crippen LogP contribution in [0.5, 0.6) is 0 Å². The normalized spacial score (nSPS) is 17.9. The fraction of sp³-hybridized carbons (Fsp3) is 0.375. The van der Waals surface area contributed by atoms with Gasteiger partial charge in [-0.3, -0.25) is 4.79 Å². The summed E-state index contributed by atoms with van der Waals surface area (Å²) in [6, 6.07) is 13.5. The second-order valence-electron chi connectivity index (χ2n) is 8.67. The van der Waals surface area contributed by atoms with Crippen LogP contribution in [0.25, 0.3) is 22.8 Å². The molecule has 5 rings (SSSR count). The van der Waals surface area contributed by atoms with Crippen molar-refractivity contribution in [1.82, 2.24) is 19.3 Å². The monoisotopic (exact) mass is 500 g/mol. The number of rotatable bonds is 5. The maximum atomic E-state index is 13.2. The van der Waals surface area contributed by atoms with Crippen molar-refractivity contribution < 1.29 is 17.7 Å². The number of aromatic nitrogens is 2. The molecule has 178 valence electrons. The maximum Gasteiger partial charge on any atom is 0.258 e. The van der Waals surface area contributed by atoms with E-state index in [9.17, 15) is 13.2 Å². The highest BCUT2D eigenvalue weighted by Gasteiger charge is 2.34. The molecule has 0 spiro atoms. The number of halogens is 1. The van der Waals surface area contributed by atoms with E-state index in [2.05, 4.69) is 10.1 Å². The van der Waals surface area contributed by atoms with Crippen LogP contribution in [0, 0.1) is 5.92 Å². The Bertz CT molecular complexity index is 1260. The molecule has 0 bridgehead atoms. The molecule has 2 aromatic carbocycles. The third kappa shape index (κ3) is 4.60. The molecule has 34 heavy (non-hydrogen) atoms. The second-order valence-corrected chi connectivity index (χ2v) is 11.0. The summed E-state index contributed by atoms with van der Waals surface area (Å²) in [4.78, 5) is 19.2. The average molecular weight is 501 g/mol. The topological polar surface area (TPSA) is 96.6 Å². The van der Waals surface area contributed by atoms with Crippen LogP contribution in [0.2, 0.25) is 5.02 Å². The van der Waals surface area contributed by atoms with E-state index in [1.165, 1.54) is 4.31 Å². The average Bonchev–Trinajstić information content (AvgIpc) is 3.57. The quantitative estimate of drug-likeness (QED) is 0.523. The van der Waals surface area contributed by atoms with Gasteiger partial charge in [0.25, 0.3) is 5.89 Å². The molecule has 1 amide bonds. The molecule has 0 radical (unpaired) electrons. The number of likely N-dealkylation sites (tertiary alicyclic amines) is 1. The molecule has 10 heteroatoms. The minimum atomic E-state index is -3.64. The lowest BCUT2D eigenvalue weighted by Gasteiger charge is -2.32. The highest BCUT2D eigenvalue weighted by molar-refractivity contribution is 7.89. The molecule has 1 aromatic heterocycles. The summed E-state index contributed by atoms with van der Waals surface area (Å²) in [5.74, 6) is 0.821. The van der Waals surface area contributed by atoms with Crippen LogP contribution in [0.1, 0.15) is 25.7 Å². The van der Waals surface area contributed by atoms with Gasteiger partial charge in [0.05, 0.1) is 4.90 Å². The van der Waals surface area contributed by atoms with E-state index in [4.69, 9.17) is 16.1 Å². The van der Waals surface area contributed by atoms with Gasteiger partial charge in [0.2, 0.25) is 21.8 Å². The molecule has 2 saturated heterocycles. The molecule has 0 saturated carbocycles. The van der Waals surface area contributed by atoms with Gasteiger partial charge in [-0.1, -0.05) is 16.8 Å². The molecular formula is C24H25ClN4O4S. The number of hydrogen-bond donors (Lipinski definition) is 0. The summed E-state index contributed by atoms with van der Waals surface area (Å²) in [5.41, 5.74) is 1.40. The van der Waals surface area contributed by atoms with E-state index < -0.39 is 10.0 Å². The number of hydrogen-bond acceptors (Lipinski definition) is 6. The van der Waals surface area contributed by atoms with Crippen LogP contribution >= 0.6 is 11.6 Å². The number of benzene rings is 2. The molecule has 0 atom stereocenters. The van der Waals surface area contributed by atoms with Crippen LogP contribution < -0.4 is 0 Å². The van der Waals surface area contributed by atoms with Gasteiger partial charge in [0, 0.05) is 48.2 Å². The van der Waals surface area contributed by atoms with Crippen molar-refractivity contribution in [2.45, 2.75) is 30.6 Å². The van der Waals surface area contributed by atoms with E-state index in [-0.39, 0.29) is 16.7 Å². The number of sulfonamides is 1. The van der Waals surface area contributed by atoms with Crippen LogP contribution in [0.15, 0.2) is 57.9 Å².